The summed E-state index contributed by atoms with van der Waals surface area (Å²) in [7, 11) is 3.10. The third-order valence-corrected chi connectivity index (χ3v) is 8.13. The first kappa shape index (κ1) is 32.4. The molecule has 0 spiro atoms. The molecular weight excluding hydrogens is 612 g/mol. The number of fused-ring (bicyclic) bond motifs is 1. The number of unbranched alkanes of at least 4 members (excludes halogenated alkanes) is 1. The van der Waals surface area contributed by atoms with Gasteiger partial charge in [-0.1, -0.05) is 37.1 Å². The zero-order valence-corrected chi connectivity index (χ0v) is 26.6. The number of carbonyl (C=O) groups is 2. The van der Waals surface area contributed by atoms with Gasteiger partial charge < -0.3 is 33.7 Å². The van der Waals surface area contributed by atoms with Gasteiger partial charge in [0.1, 0.15) is 29.6 Å². The number of methoxy groups -OCH3 is 2. The van der Waals surface area contributed by atoms with Crippen LogP contribution in [-0.2, 0) is 30.8 Å². The molecule has 0 bridgehead atoms. The van der Waals surface area contributed by atoms with Crippen LogP contribution in [0.25, 0.3) is 17.3 Å². The number of nitrogens with zero attached hydrogens (tertiary/aromatic N) is 2. The highest BCUT2D eigenvalue weighted by molar-refractivity contribution is 6.33. The molecule has 11 heteroatoms. The van der Waals surface area contributed by atoms with E-state index < -0.39 is 11.9 Å². The van der Waals surface area contributed by atoms with Crippen LogP contribution >= 0.6 is 11.6 Å². The number of carboxylic acid groups (broad SMARTS) is 2. The molecule has 2 N–H and O–H groups in total. The molecule has 0 saturated carbocycles. The first-order valence-electron chi connectivity index (χ1n) is 14.9. The van der Waals surface area contributed by atoms with E-state index in [0.29, 0.717) is 58.5 Å². The van der Waals surface area contributed by atoms with Crippen LogP contribution in [0.5, 0.6) is 23.0 Å². The second-order valence-electron chi connectivity index (χ2n) is 10.8. The second kappa shape index (κ2) is 14.4. The normalized spacial score (nSPS) is 12.4. The first-order chi connectivity index (χ1) is 22.2. The Hall–Kier alpha value is -4.96. The van der Waals surface area contributed by atoms with E-state index in [0.717, 1.165) is 30.6 Å². The van der Waals surface area contributed by atoms with Crippen molar-refractivity contribution in [2.24, 2.45) is 0 Å². The fourth-order valence-corrected chi connectivity index (χ4v) is 5.73. The Bertz CT molecular complexity index is 1800. The summed E-state index contributed by atoms with van der Waals surface area (Å²) in [5.74, 6) is 0.00219. The Morgan fingerprint density at radius 1 is 1.07 bits per heavy atom. The van der Waals surface area contributed by atoms with Gasteiger partial charge in [0.2, 0.25) is 0 Å². The lowest BCUT2D eigenvalue weighted by molar-refractivity contribution is -0.132. The number of halogens is 1. The second-order valence-corrected chi connectivity index (χ2v) is 11.2. The Morgan fingerprint density at radius 3 is 2.61 bits per heavy atom. The van der Waals surface area contributed by atoms with E-state index in [1.165, 1.54) is 13.2 Å². The molecule has 0 saturated heterocycles. The van der Waals surface area contributed by atoms with E-state index in [4.69, 9.17) is 30.5 Å². The lowest BCUT2D eigenvalue weighted by Crippen LogP contribution is -2.08. The summed E-state index contributed by atoms with van der Waals surface area (Å²) in [5, 5.41) is 20.2. The molecule has 1 aliphatic rings. The largest absolute Gasteiger partial charge is 0.497 e. The van der Waals surface area contributed by atoms with E-state index in [2.05, 4.69) is 11.9 Å². The van der Waals surface area contributed by atoms with Gasteiger partial charge in [0.25, 0.3) is 0 Å². The minimum absolute atomic E-state index is 0.0382. The first-order valence-corrected chi connectivity index (χ1v) is 15.2. The van der Waals surface area contributed by atoms with Crippen molar-refractivity contribution in [3.63, 3.8) is 0 Å². The fourth-order valence-electron chi connectivity index (χ4n) is 5.45. The molecule has 46 heavy (non-hydrogen) atoms. The van der Waals surface area contributed by atoms with Crippen molar-refractivity contribution in [2.75, 3.05) is 20.8 Å². The van der Waals surface area contributed by atoms with E-state index in [-0.39, 0.29) is 29.2 Å². The number of benzene rings is 3. The van der Waals surface area contributed by atoms with Crippen LogP contribution in [0.4, 0.5) is 0 Å². The van der Waals surface area contributed by atoms with Gasteiger partial charge >= 0.3 is 11.9 Å². The van der Waals surface area contributed by atoms with Crippen LogP contribution in [-0.4, -0.2) is 52.5 Å². The van der Waals surface area contributed by atoms with Crippen LogP contribution in [0.2, 0.25) is 5.02 Å². The maximum absolute atomic E-state index is 12.6. The molecule has 4 aromatic rings. The molecule has 240 valence electrons. The zero-order valence-electron chi connectivity index (χ0n) is 25.8. The van der Waals surface area contributed by atoms with Gasteiger partial charge in [-0.3, -0.25) is 0 Å². The predicted molar refractivity (Wildman–Crippen MR) is 173 cm³/mol. The summed E-state index contributed by atoms with van der Waals surface area (Å²) >= 11 is 6.20. The summed E-state index contributed by atoms with van der Waals surface area (Å²) in [6.07, 6.45) is 5.90. The average Bonchev–Trinajstić information content (AvgIpc) is 3.67. The van der Waals surface area contributed by atoms with Crippen molar-refractivity contribution in [1.29, 1.82) is 0 Å². The fraction of sp³-hybridized carbons (Fsp3) is 0.286. The number of aryl methyl sites for hydroxylation is 1. The Balaban J connectivity index is 1.58. The van der Waals surface area contributed by atoms with Gasteiger partial charge in [-0.25, -0.2) is 14.6 Å². The highest BCUT2D eigenvalue weighted by atomic mass is 35.5. The molecule has 0 fully saturated rings. The molecule has 0 aliphatic carbocycles. The minimum Gasteiger partial charge on any atom is -0.497 e. The predicted octanol–water partition coefficient (Wildman–Crippen LogP) is 6.94. The summed E-state index contributed by atoms with van der Waals surface area (Å²) in [4.78, 5) is 29.2. The van der Waals surface area contributed by atoms with Crippen LogP contribution in [0.15, 0.2) is 60.4 Å². The van der Waals surface area contributed by atoms with Crippen LogP contribution in [0, 0.1) is 0 Å². The number of imidazole rings is 1. The lowest BCUT2D eigenvalue weighted by atomic mass is 9.99. The molecule has 5 rings (SSSR count). The number of rotatable bonds is 14. The highest BCUT2D eigenvalue weighted by Crippen LogP contribution is 2.38. The average molecular weight is 647 g/mol. The van der Waals surface area contributed by atoms with Crippen LogP contribution in [0.1, 0.15) is 52.5 Å². The quantitative estimate of drug-likeness (QED) is 0.140. The summed E-state index contributed by atoms with van der Waals surface area (Å²) < 4.78 is 25.0. The Kier molecular flexibility index (Phi) is 10.2. The number of hydrogen-bond acceptors (Lipinski definition) is 7. The van der Waals surface area contributed by atoms with Crippen molar-refractivity contribution < 1.29 is 38.7 Å². The standard InChI is InChI=1S/C35H35ClN2O8/c1-4-5-12-38-20-37-28(15-24(34(39)40)14-23-17-30-21(11-13-45-30)16-29(23)44-3)33(38)26-10-9-25(43-2)18-31(26)46-19-22-7-6-8-27(36)32(22)35(41)42/h6-10,15-18,20H,4-5,11-14,19H2,1-3H3,(H,39,40)(H,41,42)/b24-15+. The maximum atomic E-state index is 12.6. The van der Waals surface area contributed by atoms with Crippen molar-refractivity contribution in [2.45, 2.75) is 45.8 Å². The molecule has 1 aromatic heterocycles. The third-order valence-electron chi connectivity index (χ3n) is 7.82. The van der Waals surface area contributed by atoms with Gasteiger partial charge in [-0.05, 0) is 42.8 Å². The monoisotopic (exact) mass is 646 g/mol. The van der Waals surface area contributed by atoms with E-state index in [1.807, 2.05) is 22.8 Å². The third kappa shape index (κ3) is 6.97. The molecule has 0 atom stereocenters. The van der Waals surface area contributed by atoms with E-state index >= 15 is 0 Å². The van der Waals surface area contributed by atoms with E-state index in [1.54, 1.807) is 43.8 Å². The van der Waals surface area contributed by atoms with Crippen molar-refractivity contribution in [3.05, 3.63) is 93.4 Å². The number of hydrogen-bond donors (Lipinski definition) is 2. The van der Waals surface area contributed by atoms with Crippen molar-refractivity contribution >= 4 is 29.6 Å². The van der Waals surface area contributed by atoms with Crippen molar-refractivity contribution in [3.8, 4) is 34.3 Å². The summed E-state index contributed by atoms with van der Waals surface area (Å²) in [6, 6.07) is 13.9. The Morgan fingerprint density at radius 2 is 1.89 bits per heavy atom. The molecule has 10 nitrogen and oxygen atoms in total. The number of aliphatic carboxylic acids is 1. The zero-order chi connectivity index (χ0) is 32.8. The topological polar surface area (TPSA) is 129 Å². The molecule has 0 unspecified atom stereocenters. The smallest absolute Gasteiger partial charge is 0.337 e. The molecule has 2 heterocycles. The van der Waals surface area contributed by atoms with Crippen LogP contribution in [0.3, 0.4) is 0 Å². The molecule has 1 aliphatic heterocycles. The van der Waals surface area contributed by atoms with Crippen molar-refractivity contribution in [1.82, 2.24) is 9.55 Å². The van der Waals surface area contributed by atoms with Gasteiger partial charge in [-0.15, -0.1) is 0 Å². The highest BCUT2D eigenvalue weighted by Gasteiger charge is 2.23. The Labute approximate surface area is 271 Å². The number of aromatic carboxylic acids is 1. The number of aromatic nitrogens is 2. The number of ether oxygens (including phenoxy) is 4. The number of carboxylic acids is 2. The summed E-state index contributed by atoms with van der Waals surface area (Å²) in [5.41, 5.74) is 3.91. The SMILES string of the molecule is CCCCn1cnc(/C=C(\Cc2cc3c(cc2OC)CCO3)C(=O)O)c1-c1ccc(OC)cc1OCc1cccc(Cl)c1C(=O)O. The van der Waals surface area contributed by atoms with Crippen LogP contribution < -0.4 is 18.9 Å². The van der Waals surface area contributed by atoms with Gasteiger partial charge in [0, 0.05) is 53.3 Å². The van der Waals surface area contributed by atoms with E-state index in [9.17, 15) is 19.8 Å². The van der Waals surface area contributed by atoms with Gasteiger partial charge in [0.05, 0.1) is 49.1 Å². The molecule has 0 amide bonds. The van der Waals surface area contributed by atoms with Gasteiger partial charge in [-0.2, -0.15) is 0 Å². The lowest BCUT2D eigenvalue weighted by Gasteiger charge is -2.17. The maximum Gasteiger partial charge on any atom is 0.337 e. The molecule has 3 aromatic carbocycles. The minimum atomic E-state index is -1.16. The molecular formula is C35H35ClN2O8. The summed E-state index contributed by atoms with van der Waals surface area (Å²) in [6.45, 7) is 3.20. The molecule has 0 radical (unpaired) electrons. The van der Waals surface area contributed by atoms with Gasteiger partial charge in [0.15, 0.2) is 0 Å².